The summed E-state index contributed by atoms with van der Waals surface area (Å²) >= 11 is 1.65. The molecule has 0 saturated heterocycles. The number of fused-ring (bicyclic) bond motifs is 1. The van der Waals surface area contributed by atoms with Crippen LogP contribution < -0.4 is 19.9 Å². The van der Waals surface area contributed by atoms with Crippen molar-refractivity contribution in [3.63, 3.8) is 0 Å². The molecule has 0 bridgehead atoms. The predicted octanol–water partition coefficient (Wildman–Crippen LogP) is 3.55. The molecule has 150 valence electrons. The summed E-state index contributed by atoms with van der Waals surface area (Å²) in [4.78, 5) is 13.5. The summed E-state index contributed by atoms with van der Waals surface area (Å²) in [6, 6.07) is 3.85. The fourth-order valence-electron chi connectivity index (χ4n) is 3.27. The van der Waals surface area contributed by atoms with E-state index in [1.165, 1.54) is 4.88 Å². The van der Waals surface area contributed by atoms with Crippen LogP contribution in [0.15, 0.2) is 12.1 Å². The monoisotopic (exact) mass is 402 g/mol. The molecule has 0 radical (unpaired) electrons. The van der Waals surface area contributed by atoms with E-state index < -0.39 is 0 Å². The number of aryl methyl sites for hydroxylation is 2. The van der Waals surface area contributed by atoms with E-state index in [1.54, 1.807) is 32.7 Å². The maximum absolute atomic E-state index is 6.20. The number of anilines is 1. The van der Waals surface area contributed by atoms with Crippen molar-refractivity contribution < 1.29 is 14.2 Å². The molecule has 8 heteroatoms. The van der Waals surface area contributed by atoms with Gasteiger partial charge in [0.1, 0.15) is 16.5 Å². The Morgan fingerprint density at radius 2 is 1.71 bits per heavy atom. The Kier molecular flexibility index (Phi) is 5.90. The number of nitrogens with zero attached hydrogens (tertiary/aromatic N) is 3. The largest absolute Gasteiger partial charge is 0.493 e. The number of rotatable bonds is 7. The van der Waals surface area contributed by atoms with Crippen LogP contribution >= 0.6 is 11.3 Å². The zero-order valence-electron chi connectivity index (χ0n) is 17.1. The molecule has 0 unspecified atom stereocenters. The van der Waals surface area contributed by atoms with Crippen molar-refractivity contribution in [1.82, 2.24) is 14.9 Å². The van der Waals surface area contributed by atoms with Crippen LogP contribution in [0, 0.1) is 13.8 Å². The number of ether oxygens (including phenoxy) is 3. The fraction of sp³-hybridized carbons (Fsp3) is 0.400. The van der Waals surface area contributed by atoms with Gasteiger partial charge in [0.25, 0.3) is 0 Å². The Balaban J connectivity index is 1.85. The van der Waals surface area contributed by atoms with Gasteiger partial charge in [-0.2, -0.15) is 0 Å². The lowest BCUT2D eigenvalue weighted by molar-refractivity contribution is 0.292. The maximum Gasteiger partial charge on any atom is 0.203 e. The minimum Gasteiger partial charge on any atom is -0.493 e. The Labute approximate surface area is 169 Å². The average molecular weight is 403 g/mol. The molecule has 3 aromatic rings. The maximum atomic E-state index is 6.20. The van der Waals surface area contributed by atoms with E-state index in [0.29, 0.717) is 42.0 Å². The van der Waals surface area contributed by atoms with Gasteiger partial charge in [0, 0.05) is 17.0 Å². The van der Waals surface area contributed by atoms with Gasteiger partial charge in [0.2, 0.25) is 5.75 Å². The van der Waals surface area contributed by atoms with Crippen molar-refractivity contribution in [3.05, 3.63) is 34.0 Å². The number of nitrogens with two attached hydrogens (primary N) is 1. The summed E-state index contributed by atoms with van der Waals surface area (Å²) < 4.78 is 16.4. The molecule has 0 aliphatic carbocycles. The van der Waals surface area contributed by atoms with Gasteiger partial charge in [-0.3, -0.25) is 4.90 Å². The molecule has 0 saturated carbocycles. The minimum absolute atomic E-state index is 0.541. The smallest absolute Gasteiger partial charge is 0.203 e. The summed E-state index contributed by atoms with van der Waals surface area (Å²) in [5.74, 6) is 3.12. The SMILES string of the molecule is COc1ccc(CN(C)Cc2nc(N)c3c(C)c(C)sc3n2)c(OC)c1OC. The first kappa shape index (κ1) is 20.2. The van der Waals surface area contributed by atoms with E-state index in [2.05, 4.69) is 23.7 Å². The van der Waals surface area contributed by atoms with Crippen molar-refractivity contribution in [1.29, 1.82) is 0 Å². The van der Waals surface area contributed by atoms with E-state index >= 15 is 0 Å². The molecule has 7 nitrogen and oxygen atoms in total. The van der Waals surface area contributed by atoms with Crippen molar-refractivity contribution in [2.45, 2.75) is 26.9 Å². The van der Waals surface area contributed by atoms with Crippen molar-refractivity contribution in [3.8, 4) is 17.2 Å². The first-order valence-electron chi connectivity index (χ1n) is 8.88. The van der Waals surface area contributed by atoms with Crippen LogP contribution in [0.3, 0.4) is 0 Å². The van der Waals surface area contributed by atoms with Gasteiger partial charge in [0.15, 0.2) is 11.5 Å². The van der Waals surface area contributed by atoms with Gasteiger partial charge in [-0.25, -0.2) is 9.97 Å². The molecule has 0 spiro atoms. The highest BCUT2D eigenvalue weighted by Gasteiger charge is 2.18. The van der Waals surface area contributed by atoms with E-state index in [4.69, 9.17) is 24.9 Å². The third-order valence-electron chi connectivity index (χ3n) is 4.74. The van der Waals surface area contributed by atoms with Crippen LogP contribution in [0.5, 0.6) is 17.2 Å². The highest BCUT2D eigenvalue weighted by molar-refractivity contribution is 7.18. The Hall–Kier alpha value is -2.58. The van der Waals surface area contributed by atoms with Gasteiger partial charge in [-0.05, 0) is 32.5 Å². The topological polar surface area (TPSA) is 82.7 Å². The summed E-state index contributed by atoms with van der Waals surface area (Å²) in [6.45, 7) is 5.33. The van der Waals surface area contributed by atoms with Gasteiger partial charge >= 0.3 is 0 Å². The Morgan fingerprint density at radius 3 is 2.36 bits per heavy atom. The van der Waals surface area contributed by atoms with E-state index in [1.807, 2.05) is 19.2 Å². The number of benzene rings is 1. The minimum atomic E-state index is 0.541. The molecule has 0 atom stereocenters. The van der Waals surface area contributed by atoms with Crippen LogP contribution in [-0.2, 0) is 13.1 Å². The van der Waals surface area contributed by atoms with Crippen LogP contribution in [0.4, 0.5) is 5.82 Å². The second-order valence-corrected chi connectivity index (χ2v) is 7.86. The van der Waals surface area contributed by atoms with Crippen LogP contribution in [-0.4, -0.2) is 43.2 Å². The summed E-state index contributed by atoms with van der Waals surface area (Å²) in [5.41, 5.74) is 8.35. The molecule has 0 amide bonds. The van der Waals surface area contributed by atoms with Gasteiger partial charge in [-0.1, -0.05) is 6.07 Å². The second-order valence-electron chi connectivity index (χ2n) is 6.65. The van der Waals surface area contributed by atoms with Gasteiger partial charge < -0.3 is 19.9 Å². The molecular weight excluding hydrogens is 376 g/mol. The number of hydrogen-bond donors (Lipinski definition) is 1. The number of methoxy groups -OCH3 is 3. The number of nitrogen functional groups attached to an aromatic ring is 1. The number of hydrogen-bond acceptors (Lipinski definition) is 8. The quantitative estimate of drug-likeness (QED) is 0.647. The lowest BCUT2D eigenvalue weighted by Crippen LogP contribution is -2.20. The molecule has 1 aromatic carbocycles. The Bertz CT molecular complexity index is 1000. The molecule has 2 N–H and O–H groups in total. The van der Waals surface area contributed by atoms with Crippen LogP contribution in [0.2, 0.25) is 0 Å². The zero-order chi connectivity index (χ0) is 20.4. The third kappa shape index (κ3) is 3.70. The first-order chi connectivity index (χ1) is 13.4. The lowest BCUT2D eigenvalue weighted by Gasteiger charge is -2.20. The molecule has 28 heavy (non-hydrogen) atoms. The highest BCUT2D eigenvalue weighted by atomic mass is 32.1. The van der Waals surface area contributed by atoms with Crippen LogP contribution in [0.1, 0.15) is 21.8 Å². The summed E-state index contributed by atoms with van der Waals surface area (Å²) in [5, 5.41) is 0.968. The van der Waals surface area contributed by atoms with Crippen LogP contribution in [0.25, 0.3) is 10.2 Å². The van der Waals surface area contributed by atoms with Crippen molar-refractivity contribution in [2.24, 2.45) is 0 Å². The molecule has 2 aromatic heterocycles. The Morgan fingerprint density at radius 1 is 1.00 bits per heavy atom. The second kappa shape index (κ2) is 8.20. The number of aromatic nitrogens is 2. The molecule has 0 aliphatic heterocycles. The standard InChI is InChI=1S/C20H26N4O3S/c1-11-12(2)28-20-16(11)19(21)22-15(23-20)10-24(3)9-13-7-8-14(25-4)18(27-6)17(13)26-5/h7-8H,9-10H2,1-6H3,(H2,21,22,23). The third-order valence-corrected chi connectivity index (χ3v) is 5.84. The van der Waals surface area contributed by atoms with E-state index in [9.17, 15) is 0 Å². The van der Waals surface area contributed by atoms with E-state index in [0.717, 1.165) is 21.3 Å². The highest BCUT2D eigenvalue weighted by Crippen LogP contribution is 2.40. The van der Waals surface area contributed by atoms with Crippen molar-refractivity contribution >= 4 is 27.4 Å². The van der Waals surface area contributed by atoms with Gasteiger partial charge in [0.05, 0.1) is 33.3 Å². The molecular formula is C20H26N4O3S. The van der Waals surface area contributed by atoms with E-state index in [-0.39, 0.29) is 0 Å². The zero-order valence-corrected chi connectivity index (χ0v) is 17.9. The molecule has 0 aliphatic rings. The average Bonchev–Trinajstić information content (AvgIpc) is 2.95. The summed E-state index contributed by atoms with van der Waals surface area (Å²) in [6.07, 6.45) is 0. The van der Waals surface area contributed by atoms with Crippen molar-refractivity contribution in [2.75, 3.05) is 34.1 Å². The predicted molar refractivity (Wildman–Crippen MR) is 113 cm³/mol. The molecule has 0 fully saturated rings. The molecule has 2 heterocycles. The fourth-order valence-corrected chi connectivity index (χ4v) is 4.33. The normalized spacial score (nSPS) is 11.2. The molecule has 3 rings (SSSR count). The summed E-state index contributed by atoms with van der Waals surface area (Å²) in [7, 11) is 6.84. The van der Waals surface area contributed by atoms with Gasteiger partial charge in [-0.15, -0.1) is 11.3 Å². The number of thiophene rings is 1. The first-order valence-corrected chi connectivity index (χ1v) is 9.69. The lowest BCUT2D eigenvalue weighted by atomic mass is 10.1.